The summed E-state index contributed by atoms with van der Waals surface area (Å²) in [7, 11) is 0. The van der Waals surface area contributed by atoms with Crippen molar-refractivity contribution < 1.29 is 9.47 Å². The topological polar surface area (TPSA) is 30.8 Å². The first-order chi connectivity index (χ1) is 14.3. The SMILES string of the molecule is CCCCCCCOc1ccc(C=Nc2ccc(OCC)cc2)c2ccccc12. The van der Waals surface area contributed by atoms with E-state index in [-0.39, 0.29) is 0 Å². The third-order valence-electron chi connectivity index (χ3n) is 4.92. The molecule has 29 heavy (non-hydrogen) atoms. The molecule has 0 spiro atoms. The summed E-state index contributed by atoms with van der Waals surface area (Å²) in [4.78, 5) is 4.64. The Morgan fingerprint density at radius 3 is 2.28 bits per heavy atom. The van der Waals surface area contributed by atoms with Crippen LogP contribution in [0.5, 0.6) is 11.5 Å². The van der Waals surface area contributed by atoms with Gasteiger partial charge in [-0.05, 0) is 55.1 Å². The van der Waals surface area contributed by atoms with E-state index in [0.29, 0.717) is 6.61 Å². The molecule has 0 fully saturated rings. The first-order valence-corrected chi connectivity index (χ1v) is 10.7. The van der Waals surface area contributed by atoms with E-state index in [1.165, 1.54) is 25.7 Å². The van der Waals surface area contributed by atoms with Gasteiger partial charge in [0.15, 0.2) is 0 Å². The molecule has 0 aromatic heterocycles. The fourth-order valence-electron chi connectivity index (χ4n) is 3.36. The Balaban J connectivity index is 1.71. The molecule has 0 heterocycles. The van der Waals surface area contributed by atoms with Crippen molar-refractivity contribution in [3.05, 3.63) is 66.2 Å². The van der Waals surface area contributed by atoms with E-state index >= 15 is 0 Å². The third-order valence-corrected chi connectivity index (χ3v) is 4.92. The number of aliphatic imine (C=N–C) groups is 1. The summed E-state index contributed by atoms with van der Waals surface area (Å²) in [5.74, 6) is 1.82. The van der Waals surface area contributed by atoms with Crippen LogP contribution in [0, 0.1) is 0 Å². The van der Waals surface area contributed by atoms with Crippen molar-refractivity contribution in [2.45, 2.75) is 46.0 Å². The molecule has 3 heteroatoms. The number of fused-ring (bicyclic) bond motifs is 1. The largest absolute Gasteiger partial charge is 0.494 e. The van der Waals surface area contributed by atoms with Crippen LogP contribution >= 0.6 is 0 Å². The van der Waals surface area contributed by atoms with Gasteiger partial charge in [0.25, 0.3) is 0 Å². The lowest BCUT2D eigenvalue weighted by atomic mass is 10.0. The number of hydrogen-bond acceptors (Lipinski definition) is 3. The van der Waals surface area contributed by atoms with Crippen LogP contribution in [0.1, 0.15) is 51.5 Å². The number of unbranched alkanes of at least 4 members (excludes halogenated alkanes) is 4. The van der Waals surface area contributed by atoms with Crippen LogP contribution in [-0.2, 0) is 0 Å². The second-order valence-electron chi connectivity index (χ2n) is 7.15. The van der Waals surface area contributed by atoms with E-state index < -0.39 is 0 Å². The van der Waals surface area contributed by atoms with E-state index in [1.807, 2.05) is 37.4 Å². The molecule has 0 bridgehead atoms. The summed E-state index contributed by atoms with van der Waals surface area (Å²) in [6, 6.07) is 20.4. The molecule has 0 unspecified atom stereocenters. The zero-order valence-electron chi connectivity index (χ0n) is 17.6. The molecule has 0 saturated carbocycles. The molecule has 0 aliphatic heterocycles. The van der Waals surface area contributed by atoms with Gasteiger partial charge in [0.1, 0.15) is 11.5 Å². The van der Waals surface area contributed by atoms with Gasteiger partial charge in [0.2, 0.25) is 0 Å². The Morgan fingerprint density at radius 1 is 0.759 bits per heavy atom. The molecule has 152 valence electrons. The number of rotatable bonds is 11. The molecule has 3 nitrogen and oxygen atoms in total. The summed E-state index contributed by atoms with van der Waals surface area (Å²) in [6.45, 7) is 5.66. The number of ether oxygens (including phenoxy) is 2. The molecule has 0 radical (unpaired) electrons. The van der Waals surface area contributed by atoms with Crippen LogP contribution < -0.4 is 9.47 Å². The van der Waals surface area contributed by atoms with Crippen LogP contribution in [0.25, 0.3) is 10.8 Å². The minimum absolute atomic E-state index is 0.668. The Bertz CT molecular complexity index is 916. The fraction of sp³-hybridized carbons (Fsp3) is 0.346. The van der Waals surface area contributed by atoms with Crippen LogP contribution in [-0.4, -0.2) is 19.4 Å². The maximum atomic E-state index is 6.10. The molecule has 3 rings (SSSR count). The zero-order valence-corrected chi connectivity index (χ0v) is 17.6. The minimum Gasteiger partial charge on any atom is -0.494 e. The average Bonchev–Trinajstić information content (AvgIpc) is 2.76. The highest BCUT2D eigenvalue weighted by molar-refractivity contribution is 6.02. The van der Waals surface area contributed by atoms with Crippen LogP contribution in [0.15, 0.2) is 65.7 Å². The quantitative estimate of drug-likeness (QED) is 0.254. The minimum atomic E-state index is 0.668. The van der Waals surface area contributed by atoms with Crippen molar-refractivity contribution in [2.24, 2.45) is 4.99 Å². The molecular weight excluding hydrogens is 358 g/mol. The van der Waals surface area contributed by atoms with E-state index in [9.17, 15) is 0 Å². The molecular formula is C26H31NO2. The number of nitrogens with zero attached hydrogens (tertiary/aromatic N) is 1. The van der Waals surface area contributed by atoms with Crippen molar-refractivity contribution in [2.75, 3.05) is 13.2 Å². The lowest BCUT2D eigenvalue weighted by Gasteiger charge is -2.11. The van der Waals surface area contributed by atoms with Gasteiger partial charge in [-0.25, -0.2) is 0 Å². The molecule has 3 aromatic carbocycles. The first-order valence-electron chi connectivity index (χ1n) is 10.7. The van der Waals surface area contributed by atoms with Crippen molar-refractivity contribution in [3.63, 3.8) is 0 Å². The molecule has 3 aromatic rings. The van der Waals surface area contributed by atoms with Crippen LogP contribution in [0.3, 0.4) is 0 Å². The van der Waals surface area contributed by atoms with Gasteiger partial charge in [0.05, 0.1) is 18.9 Å². The van der Waals surface area contributed by atoms with Gasteiger partial charge in [-0.1, -0.05) is 56.9 Å². The molecule has 0 aliphatic rings. The van der Waals surface area contributed by atoms with Gasteiger partial charge in [-0.15, -0.1) is 0 Å². The maximum Gasteiger partial charge on any atom is 0.127 e. The van der Waals surface area contributed by atoms with Crippen molar-refractivity contribution in [3.8, 4) is 11.5 Å². The van der Waals surface area contributed by atoms with Gasteiger partial charge < -0.3 is 9.47 Å². The predicted molar refractivity (Wildman–Crippen MR) is 123 cm³/mol. The van der Waals surface area contributed by atoms with Crippen LogP contribution in [0.2, 0.25) is 0 Å². The van der Waals surface area contributed by atoms with E-state index in [2.05, 4.69) is 48.3 Å². The summed E-state index contributed by atoms with van der Waals surface area (Å²) in [5.41, 5.74) is 2.00. The van der Waals surface area contributed by atoms with Crippen molar-refractivity contribution in [1.82, 2.24) is 0 Å². The second kappa shape index (κ2) is 11.3. The van der Waals surface area contributed by atoms with Crippen molar-refractivity contribution in [1.29, 1.82) is 0 Å². The van der Waals surface area contributed by atoms with Crippen molar-refractivity contribution >= 4 is 22.7 Å². The molecule has 0 saturated heterocycles. The Kier molecular flexibility index (Phi) is 8.12. The Morgan fingerprint density at radius 2 is 1.52 bits per heavy atom. The number of hydrogen-bond donors (Lipinski definition) is 0. The summed E-state index contributed by atoms with van der Waals surface area (Å²) >= 11 is 0. The summed E-state index contributed by atoms with van der Waals surface area (Å²) < 4.78 is 11.6. The van der Waals surface area contributed by atoms with Gasteiger partial charge in [-0.3, -0.25) is 4.99 Å². The Labute approximate surface area is 174 Å². The smallest absolute Gasteiger partial charge is 0.127 e. The summed E-state index contributed by atoms with van der Waals surface area (Å²) in [6.07, 6.45) is 8.14. The standard InChI is InChI=1S/C26H31NO2/c1-3-5-6-7-10-19-29-26-18-13-21(24-11-8-9-12-25(24)26)20-27-22-14-16-23(17-15-22)28-4-2/h8-9,11-18,20H,3-7,10,19H2,1-2H3. The molecule has 0 aliphatic carbocycles. The summed E-state index contributed by atoms with van der Waals surface area (Å²) in [5, 5.41) is 2.29. The third kappa shape index (κ3) is 6.08. The monoisotopic (exact) mass is 389 g/mol. The number of benzene rings is 3. The highest BCUT2D eigenvalue weighted by Gasteiger charge is 2.06. The fourth-order valence-corrected chi connectivity index (χ4v) is 3.36. The lowest BCUT2D eigenvalue weighted by Crippen LogP contribution is -1.98. The first kappa shape index (κ1) is 20.9. The van der Waals surface area contributed by atoms with E-state index in [4.69, 9.17) is 9.47 Å². The molecule has 0 atom stereocenters. The van der Waals surface area contributed by atoms with Gasteiger partial charge >= 0.3 is 0 Å². The molecule has 0 amide bonds. The van der Waals surface area contributed by atoms with Gasteiger partial charge in [0, 0.05) is 17.2 Å². The van der Waals surface area contributed by atoms with Crippen LogP contribution in [0.4, 0.5) is 5.69 Å². The lowest BCUT2D eigenvalue weighted by molar-refractivity contribution is 0.308. The van der Waals surface area contributed by atoms with E-state index in [1.54, 1.807) is 0 Å². The van der Waals surface area contributed by atoms with Gasteiger partial charge in [-0.2, -0.15) is 0 Å². The predicted octanol–water partition coefficient (Wildman–Crippen LogP) is 7.34. The average molecular weight is 390 g/mol. The highest BCUT2D eigenvalue weighted by Crippen LogP contribution is 2.28. The Hall–Kier alpha value is -2.81. The normalized spacial score (nSPS) is 11.2. The molecule has 0 N–H and O–H groups in total. The zero-order chi connectivity index (χ0) is 20.3. The van der Waals surface area contributed by atoms with E-state index in [0.717, 1.165) is 46.6 Å². The maximum absolute atomic E-state index is 6.10. The second-order valence-corrected chi connectivity index (χ2v) is 7.15. The highest BCUT2D eigenvalue weighted by atomic mass is 16.5.